The summed E-state index contributed by atoms with van der Waals surface area (Å²) in [7, 11) is 0. The summed E-state index contributed by atoms with van der Waals surface area (Å²) in [4.78, 5) is 59.4. The number of piperidine rings is 1. The van der Waals surface area contributed by atoms with Crippen molar-refractivity contribution < 1.29 is 14.4 Å². The van der Waals surface area contributed by atoms with Crippen LogP contribution in [0.1, 0.15) is 28.8 Å². The number of carbonyl (C=O) groups is 3. The van der Waals surface area contributed by atoms with Crippen LogP contribution in [0.2, 0.25) is 0 Å². The Morgan fingerprint density at radius 1 is 1.04 bits per heavy atom. The van der Waals surface area contributed by atoms with Gasteiger partial charge >= 0.3 is 0 Å². The molecule has 140 valence electrons. The van der Waals surface area contributed by atoms with E-state index in [-0.39, 0.29) is 23.8 Å². The van der Waals surface area contributed by atoms with E-state index in [4.69, 9.17) is 0 Å². The lowest BCUT2D eigenvalue weighted by Gasteiger charge is -2.29. The summed E-state index contributed by atoms with van der Waals surface area (Å²) in [5.74, 6) is -0.383. The molecule has 28 heavy (non-hydrogen) atoms. The first-order valence-corrected chi connectivity index (χ1v) is 8.86. The number of hydrogen-bond acceptors (Lipinski definition) is 5. The molecule has 2 aliphatic rings. The van der Waals surface area contributed by atoms with E-state index in [9.17, 15) is 19.2 Å². The summed E-state index contributed by atoms with van der Waals surface area (Å²) in [5, 5.41) is 2.29. The number of amides is 3. The van der Waals surface area contributed by atoms with Gasteiger partial charge in [0.25, 0.3) is 5.91 Å². The fraction of sp³-hybridized carbons (Fsp3) is 0.211. The van der Waals surface area contributed by atoms with Crippen LogP contribution < -0.4 is 10.9 Å². The highest BCUT2D eigenvalue weighted by Crippen LogP contribution is 2.30. The molecule has 2 aromatic heterocycles. The Bertz CT molecular complexity index is 1220. The van der Waals surface area contributed by atoms with E-state index < -0.39 is 11.9 Å². The summed E-state index contributed by atoms with van der Waals surface area (Å²) in [6.45, 7) is 0.297. The number of hydrogen-bond donors (Lipinski definition) is 3. The topological polar surface area (TPSA) is 128 Å². The van der Waals surface area contributed by atoms with Crippen molar-refractivity contribution in [1.82, 2.24) is 25.2 Å². The summed E-state index contributed by atoms with van der Waals surface area (Å²) in [5.41, 5.74) is 3.04. The molecule has 1 aromatic carbocycles. The summed E-state index contributed by atoms with van der Waals surface area (Å²) < 4.78 is 0. The zero-order chi connectivity index (χ0) is 19.4. The van der Waals surface area contributed by atoms with Gasteiger partial charge in [0, 0.05) is 30.2 Å². The molecule has 0 spiro atoms. The number of pyridine rings is 1. The highest BCUT2D eigenvalue weighted by molar-refractivity contribution is 6.05. The number of imidazole rings is 1. The van der Waals surface area contributed by atoms with Crippen molar-refractivity contribution in [3.8, 4) is 11.4 Å². The largest absolute Gasteiger partial charge is 0.337 e. The Morgan fingerprint density at radius 3 is 2.71 bits per heavy atom. The second kappa shape index (κ2) is 5.88. The molecule has 2 aliphatic heterocycles. The number of carbonyl (C=O) groups excluding carboxylic acids is 3. The number of imide groups is 1. The van der Waals surface area contributed by atoms with Crippen molar-refractivity contribution in [3.63, 3.8) is 0 Å². The number of fused-ring (bicyclic) bond motifs is 2. The third-order valence-electron chi connectivity index (χ3n) is 5.17. The Balaban J connectivity index is 1.47. The number of benzene rings is 1. The maximum atomic E-state index is 12.7. The van der Waals surface area contributed by atoms with E-state index in [2.05, 4.69) is 20.3 Å². The minimum atomic E-state index is -0.641. The van der Waals surface area contributed by atoms with Crippen LogP contribution in [0.3, 0.4) is 0 Å². The molecule has 1 atom stereocenters. The first kappa shape index (κ1) is 16.4. The van der Waals surface area contributed by atoms with E-state index in [1.165, 1.54) is 11.0 Å². The average molecular weight is 377 g/mol. The van der Waals surface area contributed by atoms with Crippen LogP contribution in [0.5, 0.6) is 0 Å². The minimum absolute atomic E-state index is 0.218. The second-order valence-electron chi connectivity index (χ2n) is 6.94. The zero-order valence-electron chi connectivity index (χ0n) is 14.6. The molecule has 5 rings (SSSR count). The van der Waals surface area contributed by atoms with Crippen molar-refractivity contribution in [1.29, 1.82) is 0 Å². The molecule has 4 heterocycles. The number of H-pyrrole nitrogens is 2. The van der Waals surface area contributed by atoms with Gasteiger partial charge in [0.1, 0.15) is 11.9 Å². The van der Waals surface area contributed by atoms with Gasteiger partial charge in [-0.2, -0.15) is 0 Å². The van der Waals surface area contributed by atoms with Crippen LogP contribution in [-0.4, -0.2) is 43.6 Å². The molecule has 1 saturated heterocycles. The Kier molecular flexibility index (Phi) is 3.45. The molecular weight excluding hydrogens is 362 g/mol. The van der Waals surface area contributed by atoms with Crippen LogP contribution in [0.25, 0.3) is 22.6 Å². The number of aromatic nitrogens is 3. The van der Waals surface area contributed by atoms with E-state index >= 15 is 0 Å². The molecule has 3 amide bonds. The monoisotopic (exact) mass is 377 g/mol. The summed E-state index contributed by atoms with van der Waals surface area (Å²) in [6.07, 6.45) is 0.549. The molecule has 0 aliphatic carbocycles. The molecule has 1 unspecified atom stereocenters. The maximum absolute atomic E-state index is 12.7. The van der Waals surface area contributed by atoms with Crippen molar-refractivity contribution >= 4 is 28.9 Å². The molecular formula is C19H15N5O4. The Morgan fingerprint density at radius 2 is 1.89 bits per heavy atom. The molecule has 1 fully saturated rings. The predicted molar refractivity (Wildman–Crippen MR) is 98.2 cm³/mol. The van der Waals surface area contributed by atoms with Gasteiger partial charge < -0.3 is 14.9 Å². The average Bonchev–Trinajstić information content (AvgIpc) is 3.22. The van der Waals surface area contributed by atoms with Crippen LogP contribution in [0.4, 0.5) is 0 Å². The zero-order valence-corrected chi connectivity index (χ0v) is 14.6. The lowest BCUT2D eigenvalue weighted by Crippen LogP contribution is -2.52. The van der Waals surface area contributed by atoms with Gasteiger partial charge in [0.15, 0.2) is 5.65 Å². The highest BCUT2D eigenvalue weighted by atomic mass is 16.2. The number of rotatable bonds is 2. The quantitative estimate of drug-likeness (QED) is 0.566. The third kappa shape index (κ3) is 2.51. The molecule has 3 aromatic rings. The molecule has 0 bridgehead atoms. The number of nitrogens with zero attached hydrogens (tertiary/aromatic N) is 2. The maximum Gasteiger partial charge on any atom is 0.255 e. The SMILES string of the molecule is O=C1CCC(N2Cc3cc(-c4nc5[nH]c(=O)ccc5[nH]4)ccc3C2=O)C(=O)N1. The fourth-order valence-corrected chi connectivity index (χ4v) is 3.78. The molecule has 3 N–H and O–H groups in total. The van der Waals surface area contributed by atoms with E-state index in [0.29, 0.717) is 35.5 Å². The van der Waals surface area contributed by atoms with Gasteiger partial charge in [-0.3, -0.25) is 24.5 Å². The van der Waals surface area contributed by atoms with Crippen molar-refractivity contribution in [2.24, 2.45) is 0 Å². The first-order chi connectivity index (χ1) is 13.5. The summed E-state index contributed by atoms with van der Waals surface area (Å²) >= 11 is 0. The van der Waals surface area contributed by atoms with Crippen LogP contribution in [0.15, 0.2) is 35.1 Å². The fourth-order valence-electron chi connectivity index (χ4n) is 3.78. The van der Waals surface area contributed by atoms with Crippen molar-refractivity contribution in [3.05, 3.63) is 51.8 Å². The minimum Gasteiger partial charge on any atom is -0.337 e. The molecule has 0 saturated carbocycles. The number of aromatic amines is 2. The van der Waals surface area contributed by atoms with Crippen LogP contribution in [-0.2, 0) is 16.1 Å². The molecule has 9 heteroatoms. The predicted octanol–water partition coefficient (Wildman–Crippen LogP) is 0.679. The van der Waals surface area contributed by atoms with E-state index in [1.807, 2.05) is 6.07 Å². The number of nitrogens with one attached hydrogen (secondary N) is 3. The van der Waals surface area contributed by atoms with Gasteiger partial charge in [-0.25, -0.2) is 4.98 Å². The van der Waals surface area contributed by atoms with Crippen molar-refractivity contribution in [2.45, 2.75) is 25.4 Å². The van der Waals surface area contributed by atoms with Gasteiger partial charge in [-0.15, -0.1) is 0 Å². The van der Waals surface area contributed by atoms with Gasteiger partial charge in [-0.05, 0) is 30.2 Å². The van der Waals surface area contributed by atoms with E-state index in [0.717, 1.165) is 11.1 Å². The smallest absolute Gasteiger partial charge is 0.255 e. The standard InChI is InChI=1S/C19H15N5O4/c25-14-5-3-12-17(21-14)23-16(20-12)9-1-2-11-10(7-9)8-24(19(11)28)13-4-6-15(26)22-18(13)27/h1-3,5,7,13H,4,6,8H2,(H,22,26,27)(H2,20,21,23,25). The Hall–Kier alpha value is -3.75. The first-order valence-electron chi connectivity index (χ1n) is 8.86. The van der Waals surface area contributed by atoms with Crippen LogP contribution >= 0.6 is 0 Å². The van der Waals surface area contributed by atoms with Gasteiger partial charge in [0.2, 0.25) is 17.4 Å². The lowest BCUT2D eigenvalue weighted by molar-refractivity contribution is -0.136. The van der Waals surface area contributed by atoms with Gasteiger partial charge in [-0.1, -0.05) is 6.07 Å². The lowest BCUT2D eigenvalue weighted by atomic mass is 10.0. The van der Waals surface area contributed by atoms with Crippen molar-refractivity contribution in [2.75, 3.05) is 0 Å². The highest BCUT2D eigenvalue weighted by Gasteiger charge is 2.39. The second-order valence-corrected chi connectivity index (χ2v) is 6.94. The normalized spacial score (nSPS) is 19.2. The summed E-state index contributed by atoms with van der Waals surface area (Å²) in [6, 6.07) is 7.79. The van der Waals surface area contributed by atoms with Crippen LogP contribution in [0, 0.1) is 0 Å². The van der Waals surface area contributed by atoms with E-state index in [1.54, 1.807) is 18.2 Å². The van der Waals surface area contributed by atoms with Gasteiger partial charge in [0.05, 0.1) is 5.52 Å². The molecule has 0 radical (unpaired) electrons. The molecule has 9 nitrogen and oxygen atoms in total. The third-order valence-corrected chi connectivity index (χ3v) is 5.17. The Labute approximate surface area is 157 Å².